The van der Waals surface area contributed by atoms with Gasteiger partial charge in [-0.05, 0) is 29.8 Å². The van der Waals surface area contributed by atoms with Crippen LogP contribution in [0.3, 0.4) is 0 Å². The summed E-state index contributed by atoms with van der Waals surface area (Å²) in [5.41, 5.74) is 0.831. The van der Waals surface area contributed by atoms with Crippen LogP contribution in [0.2, 0.25) is 0 Å². The zero-order valence-electron chi connectivity index (χ0n) is 15.7. The van der Waals surface area contributed by atoms with Crippen molar-refractivity contribution in [2.75, 3.05) is 25.7 Å². The van der Waals surface area contributed by atoms with Gasteiger partial charge in [0.15, 0.2) is 31.2 Å². The monoisotopic (exact) mass is 425 g/mol. The van der Waals surface area contributed by atoms with Crippen molar-refractivity contribution >= 4 is 19.7 Å². The summed E-state index contributed by atoms with van der Waals surface area (Å²) in [5.74, 6) is 0.540. The summed E-state index contributed by atoms with van der Waals surface area (Å²) in [7, 11) is -4.15. The molecular weight excluding hydrogens is 402 g/mol. The molecule has 152 valence electrons. The van der Waals surface area contributed by atoms with Gasteiger partial charge in [-0.1, -0.05) is 24.3 Å². The first-order valence-corrected chi connectivity index (χ1v) is 12.1. The number of sulfone groups is 2. The normalized spacial score (nSPS) is 21.4. The summed E-state index contributed by atoms with van der Waals surface area (Å²) in [6.45, 7) is 0.307. The topological polar surface area (TPSA) is 98.8 Å². The predicted octanol–water partition coefficient (Wildman–Crippen LogP) is 1.43. The molecule has 3 rings (SSSR count). The Balaban J connectivity index is 1.82. The van der Waals surface area contributed by atoms with E-state index < -0.39 is 31.0 Å². The van der Waals surface area contributed by atoms with E-state index in [1.165, 1.54) is 26.4 Å². The minimum Gasteiger partial charge on any atom is -0.493 e. The average Bonchev–Trinajstić information content (AvgIpc) is 3.02. The van der Waals surface area contributed by atoms with E-state index >= 15 is 0 Å². The summed E-state index contributed by atoms with van der Waals surface area (Å²) in [4.78, 5) is 0.134. The fourth-order valence-electron chi connectivity index (χ4n) is 3.34. The third kappa shape index (κ3) is 4.31. The van der Waals surface area contributed by atoms with Crippen LogP contribution < -0.4 is 14.8 Å². The average molecular weight is 426 g/mol. The van der Waals surface area contributed by atoms with Gasteiger partial charge in [0.1, 0.15) is 0 Å². The number of ether oxygens (including phenoxy) is 2. The molecule has 0 amide bonds. The van der Waals surface area contributed by atoms with E-state index in [4.69, 9.17) is 9.47 Å². The molecular formula is C19H23NO6S2. The lowest BCUT2D eigenvalue weighted by molar-refractivity contribution is 0.354. The maximum atomic E-state index is 13.0. The smallest absolute Gasteiger partial charge is 0.183 e. The first-order valence-electron chi connectivity index (χ1n) is 8.70. The van der Waals surface area contributed by atoms with Crippen LogP contribution in [-0.2, 0) is 26.2 Å². The van der Waals surface area contributed by atoms with Crippen LogP contribution in [0, 0.1) is 0 Å². The summed E-state index contributed by atoms with van der Waals surface area (Å²) < 4.78 is 60.8. The van der Waals surface area contributed by atoms with E-state index in [9.17, 15) is 16.8 Å². The van der Waals surface area contributed by atoms with E-state index in [2.05, 4.69) is 5.32 Å². The van der Waals surface area contributed by atoms with Crippen molar-refractivity contribution in [3.05, 3.63) is 54.1 Å². The van der Waals surface area contributed by atoms with Gasteiger partial charge in [-0.2, -0.15) is 0 Å². The van der Waals surface area contributed by atoms with Gasteiger partial charge in [0.2, 0.25) is 0 Å². The van der Waals surface area contributed by atoms with Gasteiger partial charge in [0.05, 0.1) is 35.9 Å². The Kier molecular flexibility index (Phi) is 5.97. The summed E-state index contributed by atoms with van der Waals surface area (Å²) in [6.07, 6.45) is 0. The third-order valence-corrected chi connectivity index (χ3v) is 8.95. The second-order valence-electron chi connectivity index (χ2n) is 6.65. The number of benzene rings is 2. The van der Waals surface area contributed by atoms with E-state index in [-0.39, 0.29) is 16.4 Å². The highest BCUT2D eigenvalue weighted by Gasteiger charge is 2.45. The zero-order chi connectivity index (χ0) is 20.4. The molecule has 0 spiro atoms. The highest BCUT2D eigenvalue weighted by atomic mass is 32.2. The fourth-order valence-corrected chi connectivity index (χ4v) is 8.07. The molecule has 1 saturated heterocycles. The van der Waals surface area contributed by atoms with Crippen molar-refractivity contribution in [1.82, 2.24) is 5.32 Å². The number of hydrogen-bond donors (Lipinski definition) is 1. The maximum absolute atomic E-state index is 13.0. The molecule has 0 bridgehead atoms. The molecule has 0 aromatic heterocycles. The van der Waals surface area contributed by atoms with Crippen molar-refractivity contribution in [3.8, 4) is 11.5 Å². The first-order chi connectivity index (χ1) is 13.3. The largest absolute Gasteiger partial charge is 0.493 e. The van der Waals surface area contributed by atoms with Crippen LogP contribution in [0.4, 0.5) is 0 Å². The predicted molar refractivity (Wildman–Crippen MR) is 106 cm³/mol. The maximum Gasteiger partial charge on any atom is 0.183 e. The molecule has 1 aliphatic heterocycles. The standard InChI is InChI=1S/C19H23NO6S2/c1-25-17-9-8-14(10-18(17)26-2)11-20-16-12-27(21,22)13-19(16)28(23,24)15-6-4-3-5-7-15/h3-10,16,19-20H,11-13H2,1-2H3/t16-,19-/m1/s1. The molecule has 1 aliphatic rings. The van der Waals surface area contributed by atoms with E-state index in [1.807, 2.05) is 6.07 Å². The molecule has 1 heterocycles. The van der Waals surface area contributed by atoms with Crippen LogP contribution in [0.25, 0.3) is 0 Å². The fraction of sp³-hybridized carbons (Fsp3) is 0.368. The highest BCUT2D eigenvalue weighted by molar-refractivity contribution is 7.96. The van der Waals surface area contributed by atoms with Crippen LogP contribution in [-0.4, -0.2) is 53.9 Å². The Bertz CT molecular complexity index is 1040. The van der Waals surface area contributed by atoms with E-state index in [0.717, 1.165) is 5.56 Å². The Morgan fingerprint density at radius 2 is 1.68 bits per heavy atom. The lowest BCUT2D eigenvalue weighted by atomic mass is 10.1. The molecule has 1 N–H and O–H groups in total. The summed E-state index contributed by atoms with van der Waals surface area (Å²) in [6, 6.07) is 12.6. The zero-order valence-corrected chi connectivity index (χ0v) is 17.3. The molecule has 2 aromatic carbocycles. The molecule has 1 fully saturated rings. The lowest BCUT2D eigenvalue weighted by Crippen LogP contribution is -2.43. The first kappa shape index (κ1) is 20.6. The number of nitrogens with one attached hydrogen (secondary N) is 1. The van der Waals surface area contributed by atoms with Crippen molar-refractivity contribution < 1.29 is 26.3 Å². The minimum absolute atomic E-state index is 0.134. The molecule has 28 heavy (non-hydrogen) atoms. The Labute approximate surface area is 165 Å². The minimum atomic E-state index is -3.77. The van der Waals surface area contributed by atoms with Crippen LogP contribution in [0.5, 0.6) is 11.5 Å². The van der Waals surface area contributed by atoms with Crippen LogP contribution in [0.15, 0.2) is 53.4 Å². The quantitative estimate of drug-likeness (QED) is 0.716. The lowest BCUT2D eigenvalue weighted by Gasteiger charge is -2.20. The van der Waals surface area contributed by atoms with Crippen LogP contribution >= 0.6 is 0 Å². The molecule has 0 aliphatic carbocycles. The number of methoxy groups -OCH3 is 2. The SMILES string of the molecule is COc1ccc(CN[C@@H]2CS(=O)(=O)C[C@H]2S(=O)(=O)c2ccccc2)cc1OC. The Morgan fingerprint density at radius 3 is 2.32 bits per heavy atom. The van der Waals surface area contributed by atoms with Crippen LogP contribution in [0.1, 0.15) is 5.56 Å². The molecule has 0 unspecified atom stereocenters. The Hall–Kier alpha value is -2.10. The molecule has 2 atom stereocenters. The van der Waals surface area contributed by atoms with Crippen molar-refractivity contribution in [2.24, 2.45) is 0 Å². The van der Waals surface area contributed by atoms with Gasteiger partial charge >= 0.3 is 0 Å². The van der Waals surface area contributed by atoms with Gasteiger partial charge in [-0.3, -0.25) is 0 Å². The van der Waals surface area contributed by atoms with Gasteiger partial charge in [0.25, 0.3) is 0 Å². The Morgan fingerprint density at radius 1 is 1.00 bits per heavy atom. The molecule has 7 nitrogen and oxygen atoms in total. The molecule has 2 aromatic rings. The second-order valence-corrected chi connectivity index (χ2v) is 11.0. The molecule has 0 radical (unpaired) electrons. The summed E-state index contributed by atoms with van der Waals surface area (Å²) in [5, 5.41) is 2.09. The second kappa shape index (κ2) is 8.10. The third-order valence-electron chi connectivity index (χ3n) is 4.79. The van der Waals surface area contributed by atoms with Gasteiger partial charge in [0, 0.05) is 12.6 Å². The molecule has 0 saturated carbocycles. The number of rotatable bonds is 7. The molecule has 9 heteroatoms. The van der Waals surface area contributed by atoms with Crippen molar-refractivity contribution in [1.29, 1.82) is 0 Å². The summed E-state index contributed by atoms with van der Waals surface area (Å²) >= 11 is 0. The van der Waals surface area contributed by atoms with Crippen molar-refractivity contribution in [3.63, 3.8) is 0 Å². The van der Waals surface area contributed by atoms with Gasteiger partial charge < -0.3 is 14.8 Å². The van der Waals surface area contributed by atoms with E-state index in [0.29, 0.717) is 18.0 Å². The van der Waals surface area contributed by atoms with Gasteiger partial charge in [-0.25, -0.2) is 16.8 Å². The van der Waals surface area contributed by atoms with E-state index in [1.54, 1.807) is 30.3 Å². The van der Waals surface area contributed by atoms with Crippen molar-refractivity contribution in [2.45, 2.75) is 22.7 Å². The van der Waals surface area contributed by atoms with Gasteiger partial charge in [-0.15, -0.1) is 0 Å². The highest BCUT2D eigenvalue weighted by Crippen LogP contribution is 2.29. The number of hydrogen-bond acceptors (Lipinski definition) is 7.